The maximum Gasteiger partial charge on any atom is 0.107 e. The fourth-order valence-corrected chi connectivity index (χ4v) is 6.26. The SMILES string of the molecule is OC[C@@H]1[C@@H](c2ccccc2)C2(CN(CC3CCOCC3)C2)N1Cc1nccs1. The van der Waals surface area contributed by atoms with Gasteiger partial charge in [0.15, 0.2) is 0 Å². The van der Waals surface area contributed by atoms with E-state index in [4.69, 9.17) is 4.74 Å². The van der Waals surface area contributed by atoms with Gasteiger partial charge in [0.2, 0.25) is 0 Å². The summed E-state index contributed by atoms with van der Waals surface area (Å²) in [5.74, 6) is 1.16. The van der Waals surface area contributed by atoms with E-state index < -0.39 is 0 Å². The first-order chi connectivity index (χ1) is 13.8. The normalized spacial score (nSPS) is 28.2. The summed E-state index contributed by atoms with van der Waals surface area (Å²) in [6, 6.07) is 11.0. The zero-order valence-corrected chi connectivity index (χ0v) is 17.1. The van der Waals surface area contributed by atoms with Crippen LogP contribution in [0.1, 0.15) is 29.3 Å². The van der Waals surface area contributed by atoms with Crippen LogP contribution in [-0.4, -0.2) is 70.9 Å². The maximum absolute atomic E-state index is 10.2. The molecular weight excluding hydrogens is 370 g/mol. The molecule has 0 bridgehead atoms. The number of aliphatic hydroxyl groups excluding tert-OH is 1. The highest BCUT2D eigenvalue weighted by atomic mass is 32.1. The second-order valence-corrected chi connectivity index (χ2v) is 9.50. The van der Waals surface area contributed by atoms with E-state index in [1.807, 2.05) is 11.6 Å². The number of hydrogen-bond donors (Lipinski definition) is 1. The number of rotatable bonds is 6. The summed E-state index contributed by atoms with van der Waals surface area (Å²) in [6.07, 6.45) is 4.26. The Morgan fingerprint density at radius 2 is 1.96 bits per heavy atom. The topological polar surface area (TPSA) is 48.8 Å². The van der Waals surface area contributed by atoms with Crippen molar-refractivity contribution in [2.45, 2.75) is 36.9 Å². The van der Waals surface area contributed by atoms with Crippen molar-refractivity contribution < 1.29 is 9.84 Å². The van der Waals surface area contributed by atoms with Gasteiger partial charge in [0.05, 0.1) is 18.7 Å². The summed E-state index contributed by atoms with van der Waals surface area (Å²) in [4.78, 5) is 9.66. The number of nitrogens with zero attached hydrogens (tertiary/aromatic N) is 3. The van der Waals surface area contributed by atoms with Crippen molar-refractivity contribution in [3.05, 3.63) is 52.5 Å². The Labute approximate surface area is 171 Å². The first kappa shape index (κ1) is 18.7. The van der Waals surface area contributed by atoms with Crippen LogP contribution in [0.15, 0.2) is 41.9 Å². The van der Waals surface area contributed by atoms with Gasteiger partial charge in [0.1, 0.15) is 5.01 Å². The van der Waals surface area contributed by atoms with Gasteiger partial charge in [-0.05, 0) is 24.3 Å². The van der Waals surface area contributed by atoms with Crippen molar-refractivity contribution in [1.82, 2.24) is 14.8 Å². The molecule has 6 heteroatoms. The smallest absolute Gasteiger partial charge is 0.107 e. The lowest BCUT2D eigenvalue weighted by Gasteiger charge is -2.71. The Balaban J connectivity index is 1.35. The van der Waals surface area contributed by atoms with Crippen LogP contribution in [0.4, 0.5) is 0 Å². The van der Waals surface area contributed by atoms with Crippen molar-refractivity contribution in [3.63, 3.8) is 0 Å². The molecule has 150 valence electrons. The van der Waals surface area contributed by atoms with Crippen LogP contribution < -0.4 is 0 Å². The maximum atomic E-state index is 10.2. The first-order valence-electron chi connectivity index (χ1n) is 10.4. The number of likely N-dealkylation sites (tertiary alicyclic amines) is 2. The predicted molar refractivity (Wildman–Crippen MR) is 110 cm³/mol. The number of benzene rings is 1. The Morgan fingerprint density at radius 1 is 1.18 bits per heavy atom. The molecule has 1 spiro atoms. The molecule has 3 fully saturated rings. The summed E-state index contributed by atoms with van der Waals surface area (Å²) in [6.45, 7) is 6.24. The molecule has 28 heavy (non-hydrogen) atoms. The number of aromatic nitrogens is 1. The predicted octanol–water partition coefficient (Wildman–Crippen LogP) is 2.58. The van der Waals surface area contributed by atoms with E-state index in [-0.39, 0.29) is 18.2 Å². The summed E-state index contributed by atoms with van der Waals surface area (Å²) in [5, 5.41) is 13.4. The van der Waals surface area contributed by atoms with Crippen molar-refractivity contribution in [2.24, 2.45) is 5.92 Å². The highest BCUT2D eigenvalue weighted by molar-refractivity contribution is 7.09. The molecule has 1 aromatic heterocycles. The quantitative estimate of drug-likeness (QED) is 0.809. The summed E-state index contributed by atoms with van der Waals surface area (Å²) in [5.41, 5.74) is 1.49. The fraction of sp³-hybridized carbons (Fsp3) is 0.591. The van der Waals surface area contributed by atoms with Gasteiger partial charge >= 0.3 is 0 Å². The minimum Gasteiger partial charge on any atom is -0.395 e. The number of aliphatic hydroxyl groups is 1. The zero-order valence-electron chi connectivity index (χ0n) is 16.2. The molecule has 3 saturated heterocycles. The highest BCUT2D eigenvalue weighted by Gasteiger charge is 2.65. The van der Waals surface area contributed by atoms with Crippen LogP contribution >= 0.6 is 11.3 Å². The molecule has 2 aromatic rings. The van der Waals surface area contributed by atoms with Gasteiger partial charge in [-0.3, -0.25) is 9.80 Å². The molecule has 1 aromatic carbocycles. The van der Waals surface area contributed by atoms with Crippen LogP contribution in [0.2, 0.25) is 0 Å². The van der Waals surface area contributed by atoms with Crippen molar-refractivity contribution in [2.75, 3.05) is 39.5 Å². The molecule has 0 unspecified atom stereocenters. The Bertz CT molecular complexity index is 757. The van der Waals surface area contributed by atoms with Gasteiger partial charge < -0.3 is 9.84 Å². The molecule has 0 aliphatic carbocycles. The standard InChI is InChI=1S/C22H29N3O2S/c26-14-19-21(18-4-2-1-3-5-18)22(25(19)13-20-23-8-11-28-20)15-24(16-22)12-17-6-9-27-10-7-17/h1-5,8,11,17,19,21,26H,6-7,9-10,12-16H2/t19-,21-/m1/s1. The largest absolute Gasteiger partial charge is 0.395 e. The Morgan fingerprint density at radius 3 is 2.64 bits per heavy atom. The Kier molecular flexibility index (Phi) is 5.24. The molecule has 3 aliphatic heterocycles. The van der Waals surface area contributed by atoms with Crippen LogP contribution in [-0.2, 0) is 11.3 Å². The van der Waals surface area contributed by atoms with Crippen LogP contribution in [0.3, 0.4) is 0 Å². The van der Waals surface area contributed by atoms with E-state index >= 15 is 0 Å². The van der Waals surface area contributed by atoms with E-state index in [0.29, 0.717) is 5.92 Å². The molecule has 5 nitrogen and oxygen atoms in total. The molecule has 5 rings (SSSR count). The lowest BCUT2D eigenvalue weighted by Crippen LogP contribution is -2.84. The molecule has 2 atom stereocenters. The third kappa shape index (κ3) is 3.21. The van der Waals surface area contributed by atoms with Gasteiger partial charge in [-0.25, -0.2) is 4.98 Å². The third-order valence-electron chi connectivity index (χ3n) is 6.92. The summed E-state index contributed by atoms with van der Waals surface area (Å²) >= 11 is 1.71. The fourth-order valence-electron chi connectivity index (χ4n) is 5.64. The molecular formula is C22H29N3O2S. The van der Waals surface area contributed by atoms with Crippen molar-refractivity contribution in [3.8, 4) is 0 Å². The average molecular weight is 400 g/mol. The van der Waals surface area contributed by atoms with Crippen LogP contribution in [0.5, 0.6) is 0 Å². The van der Waals surface area contributed by atoms with Gasteiger partial charge in [-0.1, -0.05) is 30.3 Å². The van der Waals surface area contributed by atoms with E-state index in [9.17, 15) is 5.11 Å². The lowest BCUT2D eigenvalue weighted by molar-refractivity contribution is -0.198. The van der Waals surface area contributed by atoms with Gasteiger partial charge in [0, 0.05) is 56.4 Å². The second-order valence-electron chi connectivity index (χ2n) is 8.52. The highest BCUT2D eigenvalue weighted by Crippen LogP contribution is 2.54. The Hall–Kier alpha value is -1.31. The summed E-state index contributed by atoms with van der Waals surface area (Å²) in [7, 11) is 0. The van der Waals surface area contributed by atoms with Gasteiger partial charge in [-0.2, -0.15) is 0 Å². The number of thiazole rings is 1. The molecule has 0 saturated carbocycles. The lowest BCUT2D eigenvalue weighted by atomic mass is 9.60. The third-order valence-corrected chi connectivity index (χ3v) is 7.69. The van der Waals surface area contributed by atoms with E-state index in [2.05, 4.69) is 45.1 Å². The number of hydrogen-bond acceptors (Lipinski definition) is 6. The van der Waals surface area contributed by atoms with Crippen LogP contribution in [0.25, 0.3) is 0 Å². The zero-order chi connectivity index (χ0) is 19.0. The van der Waals surface area contributed by atoms with E-state index in [0.717, 1.165) is 43.8 Å². The molecule has 0 amide bonds. The monoisotopic (exact) mass is 399 g/mol. The molecule has 0 radical (unpaired) electrons. The first-order valence-corrected chi connectivity index (χ1v) is 11.3. The minimum atomic E-state index is 0.131. The number of ether oxygens (including phenoxy) is 1. The van der Waals surface area contributed by atoms with E-state index in [1.54, 1.807) is 11.3 Å². The second kappa shape index (κ2) is 7.84. The van der Waals surface area contributed by atoms with Gasteiger partial charge in [0.25, 0.3) is 0 Å². The van der Waals surface area contributed by atoms with Crippen molar-refractivity contribution in [1.29, 1.82) is 0 Å². The minimum absolute atomic E-state index is 0.131. The molecule has 4 heterocycles. The van der Waals surface area contributed by atoms with Crippen molar-refractivity contribution >= 4 is 11.3 Å². The average Bonchev–Trinajstić information content (AvgIpc) is 3.22. The van der Waals surface area contributed by atoms with E-state index in [1.165, 1.54) is 24.9 Å². The summed E-state index contributed by atoms with van der Waals surface area (Å²) < 4.78 is 5.53. The van der Waals surface area contributed by atoms with Crippen LogP contribution in [0, 0.1) is 5.92 Å². The van der Waals surface area contributed by atoms with Gasteiger partial charge in [-0.15, -0.1) is 11.3 Å². The molecule has 1 N–H and O–H groups in total. The molecule has 3 aliphatic rings.